The van der Waals surface area contributed by atoms with E-state index in [4.69, 9.17) is 4.74 Å². The molecule has 102 valence electrons. The van der Waals surface area contributed by atoms with Crippen LogP contribution >= 0.6 is 0 Å². The molecule has 0 aliphatic carbocycles. The smallest absolute Gasteiger partial charge is 0.171 e. The molecule has 2 N–H and O–H groups in total. The number of carbonyl (C=O) groups is 1. The molecule has 3 rings (SSSR count). The number of ether oxygens (including phenoxy) is 1. The summed E-state index contributed by atoms with van der Waals surface area (Å²) in [6.07, 6.45) is 0.292. The third kappa shape index (κ3) is 2.45. The lowest BCUT2D eigenvalue weighted by Crippen LogP contribution is -2.20. The summed E-state index contributed by atoms with van der Waals surface area (Å²) < 4.78 is 5.61. The minimum absolute atomic E-state index is 0.0104. The lowest BCUT2D eigenvalue weighted by molar-refractivity contribution is 0.0989. The highest BCUT2D eigenvalue weighted by atomic mass is 16.5. The highest BCUT2D eigenvalue weighted by Gasteiger charge is 2.18. The molecule has 0 spiro atoms. The number of rotatable bonds is 3. The van der Waals surface area contributed by atoms with Crippen molar-refractivity contribution in [3.05, 3.63) is 53.6 Å². The molecule has 0 aromatic heterocycles. The van der Waals surface area contributed by atoms with Crippen molar-refractivity contribution in [2.45, 2.75) is 6.42 Å². The molecule has 0 radical (unpaired) electrons. The second-order valence-electron chi connectivity index (χ2n) is 4.72. The molecule has 1 aliphatic rings. The number of Topliss-reactive ketones (excluding diaryl/α,β-unsaturated/α-hetero) is 1. The van der Waals surface area contributed by atoms with Gasteiger partial charge in [0.2, 0.25) is 0 Å². The van der Waals surface area contributed by atoms with Gasteiger partial charge in [-0.2, -0.15) is 0 Å². The first kappa shape index (κ1) is 12.5. The molecule has 0 unspecified atom stereocenters. The van der Waals surface area contributed by atoms with Crippen LogP contribution in [0.3, 0.4) is 0 Å². The van der Waals surface area contributed by atoms with E-state index in [1.54, 1.807) is 30.3 Å². The molecule has 1 heterocycles. The Morgan fingerprint density at radius 3 is 2.80 bits per heavy atom. The Bertz CT molecular complexity index is 635. The molecule has 0 fully saturated rings. The van der Waals surface area contributed by atoms with Crippen LogP contribution in [0.25, 0.3) is 0 Å². The van der Waals surface area contributed by atoms with Crippen molar-refractivity contribution in [2.24, 2.45) is 0 Å². The van der Waals surface area contributed by atoms with Crippen LogP contribution < -0.4 is 10.1 Å². The highest BCUT2D eigenvalue weighted by Crippen LogP contribution is 2.32. The van der Waals surface area contributed by atoms with Crippen LogP contribution in [0.1, 0.15) is 15.9 Å². The molecular formula is C16H15NO3. The van der Waals surface area contributed by atoms with Crippen molar-refractivity contribution < 1.29 is 14.6 Å². The van der Waals surface area contributed by atoms with Crippen molar-refractivity contribution in [1.29, 1.82) is 0 Å². The molecule has 0 amide bonds. The zero-order chi connectivity index (χ0) is 13.9. The van der Waals surface area contributed by atoms with E-state index < -0.39 is 0 Å². The van der Waals surface area contributed by atoms with Crippen LogP contribution in [-0.2, 0) is 6.42 Å². The van der Waals surface area contributed by atoms with E-state index in [1.165, 1.54) is 0 Å². The van der Waals surface area contributed by atoms with Crippen molar-refractivity contribution in [3.8, 4) is 11.5 Å². The van der Waals surface area contributed by atoms with Gasteiger partial charge in [0.15, 0.2) is 11.5 Å². The summed E-state index contributed by atoms with van der Waals surface area (Å²) in [6, 6.07) is 12.2. The van der Waals surface area contributed by atoms with Gasteiger partial charge in [0, 0.05) is 13.0 Å². The molecule has 0 saturated heterocycles. The Hall–Kier alpha value is -2.49. The number of phenols is 1. The highest BCUT2D eigenvalue weighted by molar-refractivity contribution is 6.01. The molecule has 0 bridgehead atoms. The number of phenolic OH excluding ortho intramolecular Hbond substituents is 1. The third-order valence-corrected chi connectivity index (χ3v) is 3.28. The standard InChI is InChI=1S/C16H15NO3/c18-12-6-4-11(5-7-12)10-15(19)13-2-1-3-14-16(13)20-9-8-17-14/h1-7,17-18H,8-10H2. The molecule has 0 saturated carbocycles. The monoisotopic (exact) mass is 269 g/mol. The maximum atomic E-state index is 12.4. The summed E-state index contributed by atoms with van der Waals surface area (Å²) in [5.74, 6) is 0.851. The molecule has 4 heteroatoms. The van der Waals surface area contributed by atoms with Crippen LogP contribution in [-0.4, -0.2) is 24.0 Å². The first-order valence-corrected chi connectivity index (χ1v) is 6.55. The number of anilines is 1. The van der Waals surface area contributed by atoms with Gasteiger partial charge in [-0.25, -0.2) is 0 Å². The van der Waals surface area contributed by atoms with Gasteiger partial charge in [0.05, 0.1) is 11.3 Å². The number of aromatic hydroxyl groups is 1. The zero-order valence-electron chi connectivity index (χ0n) is 10.9. The lowest BCUT2D eigenvalue weighted by Gasteiger charge is -2.21. The summed E-state index contributed by atoms with van der Waals surface area (Å²) in [6.45, 7) is 1.32. The Kier molecular flexibility index (Phi) is 3.29. The third-order valence-electron chi connectivity index (χ3n) is 3.28. The van der Waals surface area contributed by atoms with E-state index in [-0.39, 0.29) is 11.5 Å². The molecule has 20 heavy (non-hydrogen) atoms. The number of ketones is 1. The number of fused-ring (bicyclic) bond motifs is 1. The van der Waals surface area contributed by atoms with Gasteiger partial charge in [-0.05, 0) is 29.8 Å². The number of hydrogen-bond donors (Lipinski definition) is 2. The molecular weight excluding hydrogens is 254 g/mol. The number of nitrogens with one attached hydrogen (secondary N) is 1. The lowest BCUT2D eigenvalue weighted by atomic mass is 10.0. The van der Waals surface area contributed by atoms with E-state index in [0.717, 1.165) is 17.8 Å². The Morgan fingerprint density at radius 2 is 2.00 bits per heavy atom. The largest absolute Gasteiger partial charge is 0.508 e. The van der Waals surface area contributed by atoms with Gasteiger partial charge in [0.1, 0.15) is 12.4 Å². The Balaban J connectivity index is 1.85. The number of hydrogen-bond acceptors (Lipinski definition) is 4. The second-order valence-corrected chi connectivity index (χ2v) is 4.72. The van der Waals surface area contributed by atoms with E-state index in [2.05, 4.69) is 5.32 Å². The minimum Gasteiger partial charge on any atom is -0.508 e. The predicted molar refractivity (Wildman–Crippen MR) is 76.6 cm³/mol. The first-order valence-electron chi connectivity index (χ1n) is 6.55. The van der Waals surface area contributed by atoms with Crippen LogP contribution in [0.2, 0.25) is 0 Å². The summed E-state index contributed by atoms with van der Waals surface area (Å²) in [7, 11) is 0. The maximum absolute atomic E-state index is 12.4. The molecule has 0 atom stereocenters. The summed E-state index contributed by atoms with van der Waals surface area (Å²) >= 11 is 0. The van der Waals surface area contributed by atoms with E-state index in [0.29, 0.717) is 24.3 Å². The van der Waals surface area contributed by atoms with Gasteiger partial charge in [-0.3, -0.25) is 4.79 Å². The van der Waals surface area contributed by atoms with Crippen molar-refractivity contribution in [3.63, 3.8) is 0 Å². The average molecular weight is 269 g/mol. The van der Waals surface area contributed by atoms with Crippen LogP contribution in [0, 0.1) is 0 Å². The van der Waals surface area contributed by atoms with Crippen LogP contribution in [0.4, 0.5) is 5.69 Å². The minimum atomic E-state index is 0.0104. The number of benzene rings is 2. The molecule has 4 nitrogen and oxygen atoms in total. The second kappa shape index (κ2) is 5.25. The van der Waals surface area contributed by atoms with E-state index >= 15 is 0 Å². The Labute approximate surface area is 117 Å². The van der Waals surface area contributed by atoms with Gasteiger partial charge in [-0.15, -0.1) is 0 Å². The van der Waals surface area contributed by atoms with Crippen LogP contribution in [0.5, 0.6) is 11.5 Å². The summed E-state index contributed by atoms with van der Waals surface area (Å²) in [4.78, 5) is 12.4. The van der Waals surface area contributed by atoms with Crippen molar-refractivity contribution in [2.75, 3.05) is 18.5 Å². The fourth-order valence-electron chi connectivity index (χ4n) is 2.28. The van der Waals surface area contributed by atoms with Gasteiger partial charge in [-0.1, -0.05) is 18.2 Å². The zero-order valence-corrected chi connectivity index (χ0v) is 10.9. The van der Waals surface area contributed by atoms with Crippen molar-refractivity contribution in [1.82, 2.24) is 0 Å². The Morgan fingerprint density at radius 1 is 1.20 bits per heavy atom. The number of para-hydroxylation sites is 1. The summed E-state index contributed by atoms with van der Waals surface area (Å²) in [5, 5.41) is 12.5. The van der Waals surface area contributed by atoms with E-state index in [1.807, 2.05) is 12.1 Å². The molecule has 1 aliphatic heterocycles. The first-order chi connectivity index (χ1) is 9.74. The molecule has 2 aromatic rings. The van der Waals surface area contributed by atoms with Crippen molar-refractivity contribution >= 4 is 11.5 Å². The van der Waals surface area contributed by atoms with E-state index in [9.17, 15) is 9.90 Å². The SMILES string of the molecule is O=C(Cc1ccc(O)cc1)c1cccc2c1OCCN2. The van der Waals surface area contributed by atoms with Crippen LogP contribution in [0.15, 0.2) is 42.5 Å². The average Bonchev–Trinajstić information content (AvgIpc) is 2.49. The predicted octanol–water partition coefficient (Wildman–Crippen LogP) is 2.62. The maximum Gasteiger partial charge on any atom is 0.171 e. The van der Waals surface area contributed by atoms with Gasteiger partial charge >= 0.3 is 0 Å². The number of carbonyl (C=O) groups excluding carboxylic acids is 1. The molecule has 2 aromatic carbocycles. The van der Waals surface area contributed by atoms with Gasteiger partial charge < -0.3 is 15.2 Å². The normalized spacial score (nSPS) is 13.0. The summed E-state index contributed by atoms with van der Waals surface area (Å²) in [5.41, 5.74) is 2.34. The quantitative estimate of drug-likeness (QED) is 0.841. The fourth-order valence-corrected chi connectivity index (χ4v) is 2.28. The topological polar surface area (TPSA) is 58.6 Å². The fraction of sp³-hybridized carbons (Fsp3) is 0.188. The van der Waals surface area contributed by atoms with Gasteiger partial charge in [0.25, 0.3) is 0 Å².